The molecule has 6 rings (SSSR count). The van der Waals surface area contributed by atoms with Crippen LogP contribution in [0.25, 0.3) is 0 Å². The van der Waals surface area contributed by atoms with Crippen LogP contribution in [0.5, 0.6) is 0 Å². The van der Waals surface area contributed by atoms with Crippen LogP contribution >= 0.6 is 15.9 Å². The van der Waals surface area contributed by atoms with Crippen molar-refractivity contribution in [3.63, 3.8) is 0 Å². The summed E-state index contributed by atoms with van der Waals surface area (Å²) in [5.41, 5.74) is 5.72. The Bertz CT molecular complexity index is 1000. The molecule has 0 saturated heterocycles. The summed E-state index contributed by atoms with van der Waals surface area (Å²) in [5.74, 6) is 2.16. The first-order valence-electron chi connectivity index (χ1n) is 10.5. The molecule has 2 heterocycles. The zero-order valence-electron chi connectivity index (χ0n) is 16.1. The zero-order chi connectivity index (χ0) is 19.5. The Balaban J connectivity index is 1.44. The van der Waals surface area contributed by atoms with Crippen molar-refractivity contribution in [2.24, 2.45) is 11.8 Å². The topological polar surface area (TPSA) is 32.3 Å². The van der Waals surface area contributed by atoms with E-state index in [-0.39, 0.29) is 5.91 Å². The van der Waals surface area contributed by atoms with Crippen LogP contribution in [0.15, 0.2) is 65.2 Å². The molecular weight excluding hydrogens is 424 g/mol. The van der Waals surface area contributed by atoms with Crippen LogP contribution in [-0.2, 0) is 0 Å². The number of carbonyl (C=O) groups excluding carboxylic acids is 1. The fourth-order valence-corrected chi connectivity index (χ4v) is 6.01. The van der Waals surface area contributed by atoms with Crippen LogP contribution in [-0.4, -0.2) is 19.0 Å². The lowest BCUT2D eigenvalue weighted by molar-refractivity contribution is 0.102. The fourth-order valence-electron chi connectivity index (χ4n) is 5.74. The average molecular weight is 447 g/mol. The van der Waals surface area contributed by atoms with E-state index >= 15 is 0 Å². The number of hydrogen-bond donors (Lipinski definition) is 1. The third kappa shape index (κ3) is 2.80. The van der Waals surface area contributed by atoms with Crippen molar-refractivity contribution in [1.29, 1.82) is 0 Å². The Kier molecular flexibility index (Phi) is 3.98. The maximum Gasteiger partial charge on any atom is 0.255 e. The molecule has 0 saturated carbocycles. The Labute approximate surface area is 179 Å². The standard InChI is InChI=1S/C25H23BrN2O/c26-18-7-9-19(10-8-18)27-25(29)17-11-22-20-5-1-3-15(20)13-28-14-16-4-2-6-21(16)23(12-17)24(22)28/h1-2,5-12,15-16,20-21H,3-4,13-14H2,(H,27,29)/t15-,16+,20-,21+. The maximum atomic E-state index is 13.2. The van der Waals surface area contributed by atoms with Gasteiger partial charge in [0.15, 0.2) is 0 Å². The summed E-state index contributed by atoms with van der Waals surface area (Å²) in [4.78, 5) is 15.8. The number of amides is 1. The van der Waals surface area contributed by atoms with E-state index in [0.717, 1.165) is 41.7 Å². The van der Waals surface area contributed by atoms with Gasteiger partial charge < -0.3 is 10.2 Å². The second kappa shape index (κ2) is 6.60. The molecule has 0 aromatic heterocycles. The van der Waals surface area contributed by atoms with E-state index in [1.807, 2.05) is 24.3 Å². The Morgan fingerprint density at radius 1 is 0.931 bits per heavy atom. The van der Waals surface area contributed by atoms with Crippen LogP contribution in [0.1, 0.15) is 46.2 Å². The minimum atomic E-state index is -0.0221. The number of benzene rings is 2. The number of hydrogen-bond acceptors (Lipinski definition) is 2. The van der Waals surface area contributed by atoms with Crippen molar-refractivity contribution in [2.75, 3.05) is 23.3 Å². The van der Waals surface area contributed by atoms with Gasteiger partial charge in [-0.25, -0.2) is 0 Å². The molecule has 0 radical (unpaired) electrons. The number of nitrogens with one attached hydrogen (secondary N) is 1. The number of anilines is 2. The van der Waals surface area contributed by atoms with Crippen LogP contribution in [0.4, 0.5) is 11.4 Å². The summed E-state index contributed by atoms with van der Waals surface area (Å²) in [5, 5.41) is 3.08. The molecule has 4 heteroatoms. The first-order valence-corrected chi connectivity index (χ1v) is 11.3. The van der Waals surface area contributed by atoms with E-state index in [2.05, 4.69) is 62.6 Å². The van der Waals surface area contributed by atoms with Gasteiger partial charge in [-0.05, 0) is 72.2 Å². The molecule has 1 amide bonds. The van der Waals surface area contributed by atoms with Gasteiger partial charge in [-0.15, -0.1) is 0 Å². The molecule has 29 heavy (non-hydrogen) atoms. The van der Waals surface area contributed by atoms with Gasteiger partial charge in [-0.1, -0.05) is 40.2 Å². The number of allylic oxidation sites excluding steroid dienone is 4. The third-order valence-corrected chi connectivity index (χ3v) is 7.59. The Hall–Kier alpha value is -2.33. The highest BCUT2D eigenvalue weighted by Gasteiger charge is 2.42. The van der Waals surface area contributed by atoms with Crippen molar-refractivity contribution >= 4 is 33.2 Å². The monoisotopic (exact) mass is 446 g/mol. The molecule has 0 fully saturated rings. The van der Waals surface area contributed by atoms with E-state index in [0.29, 0.717) is 23.7 Å². The van der Waals surface area contributed by atoms with Gasteiger partial charge in [0.25, 0.3) is 5.91 Å². The molecule has 2 aliphatic carbocycles. The quantitative estimate of drug-likeness (QED) is 0.586. The number of halogens is 1. The lowest BCUT2D eigenvalue weighted by Crippen LogP contribution is -2.43. The van der Waals surface area contributed by atoms with E-state index < -0.39 is 0 Å². The van der Waals surface area contributed by atoms with Gasteiger partial charge >= 0.3 is 0 Å². The van der Waals surface area contributed by atoms with Crippen LogP contribution in [0.3, 0.4) is 0 Å². The predicted molar refractivity (Wildman–Crippen MR) is 121 cm³/mol. The highest BCUT2D eigenvalue weighted by Crippen LogP contribution is 2.53. The average Bonchev–Trinajstić information content (AvgIpc) is 3.39. The largest absolute Gasteiger partial charge is 0.370 e. The van der Waals surface area contributed by atoms with Gasteiger partial charge in [0.2, 0.25) is 0 Å². The lowest BCUT2D eigenvalue weighted by atomic mass is 9.74. The van der Waals surface area contributed by atoms with Crippen LogP contribution < -0.4 is 10.2 Å². The van der Waals surface area contributed by atoms with Crippen molar-refractivity contribution in [2.45, 2.75) is 24.7 Å². The third-order valence-electron chi connectivity index (χ3n) is 7.06. The summed E-state index contributed by atoms with van der Waals surface area (Å²) >= 11 is 3.45. The number of rotatable bonds is 2. The normalized spacial score (nSPS) is 28.1. The SMILES string of the molecule is O=C(Nc1ccc(Br)cc1)c1cc2c3c(c1)[C@@H]1C=CC[C@@H]1CN3C[C@@H]1CC=C[C@H]21. The van der Waals surface area contributed by atoms with Crippen LogP contribution in [0.2, 0.25) is 0 Å². The molecule has 4 atom stereocenters. The second-order valence-electron chi connectivity index (χ2n) is 8.77. The molecule has 0 unspecified atom stereocenters. The molecule has 0 bridgehead atoms. The maximum absolute atomic E-state index is 13.2. The van der Waals surface area contributed by atoms with E-state index in [1.54, 1.807) is 0 Å². The summed E-state index contributed by atoms with van der Waals surface area (Å²) in [6.45, 7) is 2.29. The first kappa shape index (κ1) is 17.5. The fraction of sp³-hybridized carbons (Fsp3) is 0.320. The van der Waals surface area contributed by atoms with Gasteiger partial charge in [-0.2, -0.15) is 0 Å². The summed E-state index contributed by atoms with van der Waals surface area (Å²) in [6, 6.07) is 12.1. The molecule has 1 N–H and O–H groups in total. The molecule has 0 spiro atoms. The Morgan fingerprint density at radius 3 is 2.10 bits per heavy atom. The minimum Gasteiger partial charge on any atom is -0.370 e. The van der Waals surface area contributed by atoms with Gasteiger partial charge in [0.05, 0.1) is 0 Å². The summed E-state index contributed by atoms with van der Waals surface area (Å²) < 4.78 is 1.01. The first-order chi connectivity index (χ1) is 14.2. The molecule has 2 aromatic rings. The lowest BCUT2D eigenvalue weighted by Gasteiger charge is -2.46. The van der Waals surface area contributed by atoms with E-state index in [9.17, 15) is 4.79 Å². The molecule has 4 aliphatic rings. The van der Waals surface area contributed by atoms with E-state index in [1.165, 1.54) is 16.8 Å². The second-order valence-corrected chi connectivity index (χ2v) is 9.68. The van der Waals surface area contributed by atoms with Gasteiger partial charge in [0.1, 0.15) is 0 Å². The molecule has 146 valence electrons. The summed E-state index contributed by atoms with van der Waals surface area (Å²) in [6.07, 6.45) is 11.7. The number of carbonyl (C=O) groups is 1. The van der Waals surface area contributed by atoms with Crippen molar-refractivity contribution < 1.29 is 4.79 Å². The number of fused-ring (bicyclic) bond motifs is 4. The smallest absolute Gasteiger partial charge is 0.255 e. The van der Waals surface area contributed by atoms with Gasteiger partial charge in [0, 0.05) is 46.3 Å². The van der Waals surface area contributed by atoms with Crippen molar-refractivity contribution in [3.8, 4) is 0 Å². The minimum absolute atomic E-state index is 0.0221. The summed E-state index contributed by atoms with van der Waals surface area (Å²) in [7, 11) is 0. The highest BCUT2D eigenvalue weighted by molar-refractivity contribution is 9.10. The highest BCUT2D eigenvalue weighted by atomic mass is 79.9. The zero-order valence-corrected chi connectivity index (χ0v) is 17.7. The molecule has 2 aromatic carbocycles. The Morgan fingerprint density at radius 2 is 1.52 bits per heavy atom. The van der Waals surface area contributed by atoms with Crippen molar-refractivity contribution in [1.82, 2.24) is 0 Å². The van der Waals surface area contributed by atoms with E-state index in [4.69, 9.17) is 0 Å². The predicted octanol–water partition coefficient (Wildman–Crippen LogP) is 5.85. The molecule has 3 nitrogen and oxygen atoms in total. The molecule has 2 aliphatic heterocycles. The number of nitrogens with zero attached hydrogens (tertiary/aromatic N) is 1. The van der Waals surface area contributed by atoms with Gasteiger partial charge in [-0.3, -0.25) is 4.79 Å². The molecular formula is C25H23BrN2O. The van der Waals surface area contributed by atoms with Crippen LogP contribution in [0, 0.1) is 11.8 Å². The van der Waals surface area contributed by atoms with Crippen molar-refractivity contribution in [3.05, 3.63) is 81.9 Å².